The van der Waals surface area contributed by atoms with Gasteiger partial charge in [0.25, 0.3) is 0 Å². The second kappa shape index (κ2) is 5.17. The molecule has 0 amide bonds. The summed E-state index contributed by atoms with van der Waals surface area (Å²) in [7, 11) is -1.02. The van der Waals surface area contributed by atoms with E-state index in [1.54, 1.807) is 0 Å². The first-order chi connectivity index (χ1) is 9.24. The predicted molar refractivity (Wildman–Crippen MR) is 79.4 cm³/mol. The summed E-state index contributed by atoms with van der Waals surface area (Å²) in [5.74, 6) is 0.492. The number of rotatable bonds is 3. The molecule has 0 heterocycles. The molecule has 0 aromatic heterocycles. The number of anilines is 1. The van der Waals surface area contributed by atoms with Crippen LogP contribution in [0.2, 0.25) is 0 Å². The van der Waals surface area contributed by atoms with Gasteiger partial charge in [-0.1, -0.05) is 24.3 Å². The number of para-hydroxylation sites is 1. The highest BCUT2D eigenvalue weighted by molar-refractivity contribution is 7.84. The molecule has 1 aliphatic rings. The van der Waals surface area contributed by atoms with E-state index >= 15 is 0 Å². The van der Waals surface area contributed by atoms with Gasteiger partial charge in [0.1, 0.15) is 0 Å². The van der Waals surface area contributed by atoms with Gasteiger partial charge in [0, 0.05) is 10.6 Å². The second-order valence-corrected chi connectivity index (χ2v) is 6.42. The second-order valence-electron chi connectivity index (χ2n) is 4.97. The van der Waals surface area contributed by atoms with E-state index in [4.69, 9.17) is 5.73 Å². The van der Waals surface area contributed by atoms with Crippen LogP contribution in [0.15, 0.2) is 47.4 Å². The Bertz CT molecular complexity index is 636. The van der Waals surface area contributed by atoms with E-state index in [-0.39, 0.29) is 0 Å². The molecule has 1 aliphatic carbocycles. The molecule has 2 aromatic carbocycles. The van der Waals surface area contributed by atoms with Crippen molar-refractivity contribution < 1.29 is 4.21 Å². The maximum Gasteiger partial charge on any atom is 0.0575 e. The average molecular weight is 271 g/mol. The Morgan fingerprint density at radius 2 is 1.84 bits per heavy atom. The number of aryl methyl sites for hydroxylation is 2. The van der Waals surface area contributed by atoms with Gasteiger partial charge in [-0.2, -0.15) is 0 Å². The van der Waals surface area contributed by atoms with Crippen molar-refractivity contribution in [3.8, 4) is 0 Å². The highest BCUT2D eigenvalue weighted by Gasteiger charge is 2.14. The number of nitrogen functional groups attached to an aromatic ring is 1. The summed E-state index contributed by atoms with van der Waals surface area (Å²) >= 11 is 0. The Hall–Kier alpha value is -1.61. The van der Waals surface area contributed by atoms with Crippen LogP contribution in [0.3, 0.4) is 0 Å². The first-order valence-electron chi connectivity index (χ1n) is 6.57. The molecule has 0 saturated carbocycles. The molecule has 0 bridgehead atoms. The van der Waals surface area contributed by atoms with Gasteiger partial charge in [-0.3, -0.25) is 4.21 Å². The van der Waals surface area contributed by atoms with E-state index in [9.17, 15) is 4.21 Å². The number of benzene rings is 2. The van der Waals surface area contributed by atoms with Crippen LogP contribution in [0.4, 0.5) is 5.69 Å². The Morgan fingerprint density at radius 1 is 1.05 bits per heavy atom. The Labute approximate surface area is 116 Å². The molecule has 0 saturated heterocycles. The molecular weight excluding hydrogens is 254 g/mol. The molecule has 1 atom stereocenters. The van der Waals surface area contributed by atoms with Crippen molar-refractivity contribution in [1.82, 2.24) is 0 Å². The lowest BCUT2D eigenvalue weighted by atomic mass is 10.1. The molecule has 3 heteroatoms. The largest absolute Gasteiger partial charge is 0.398 e. The third-order valence-electron chi connectivity index (χ3n) is 3.67. The highest BCUT2D eigenvalue weighted by Crippen LogP contribution is 2.25. The van der Waals surface area contributed by atoms with Gasteiger partial charge < -0.3 is 5.73 Å². The summed E-state index contributed by atoms with van der Waals surface area (Å²) in [5.41, 5.74) is 10.4. The fourth-order valence-corrected chi connectivity index (χ4v) is 3.79. The van der Waals surface area contributed by atoms with Crippen molar-refractivity contribution in [3.63, 3.8) is 0 Å². The lowest BCUT2D eigenvalue weighted by molar-refractivity contribution is 0.682. The van der Waals surface area contributed by atoms with Crippen molar-refractivity contribution in [3.05, 3.63) is 59.2 Å². The van der Waals surface area contributed by atoms with E-state index in [0.717, 1.165) is 29.0 Å². The minimum Gasteiger partial charge on any atom is -0.398 e. The molecule has 2 nitrogen and oxygen atoms in total. The molecule has 3 rings (SSSR count). The number of nitrogens with two attached hydrogens (primary N) is 1. The van der Waals surface area contributed by atoms with Crippen LogP contribution in [0.1, 0.15) is 23.1 Å². The summed E-state index contributed by atoms with van der Waals surface area (Å²) in [6.07, 6.45) is 3.50. The number of fused-ring (bicyclic) bond motifs is 1. The zero-order chi connectivity index (χ0) is 13.2. The van der Waals surface area contributed by atoms with E-state index in [2.05, 4.69) is 12.1 Å². The van der Waals surface area contributed by atoms with Gasteiger partial charge in [0.2, 0.25) is 0 Å². The summed E-state index contributed by atoms with van der Waals surface area (Å²) in [5, 5.41) is 0. The Kier molecular flexibility index (Phi) is 3.38. The minimum absolute atomic E-state index is 0.492. The van der Waals surface area contributed by atoms with E-state index in [1.807, 2.05) is 30.3 Å². The van der Waals surface area contributed by atoms with E-state index in [1.165, 1.54) is 17.5 Å². The zero-order valence-corrected chi connectivity index (χ0v) is 11.6. The summed E-state index contributed by atoms with van der Waals surface area (Å²) in [6.45, 7) is 0. The van der Waals surface area contributed by atoms with Crippen LogP contribution in [0.5, 0.6) is 0 Å². The fraction of sp³-hybridized carbons (Fsp3) is 0.250. The number of hydrogen-bond donors (Lipinski definition) is 1. The smallest absolute Gasteiger partial charge is 0.0575 e. The summed E-state index contributed by atoms with van der Waals surface area (Å²) in [4.78, 5) is 0.920. The lowest BCUT2D eigenvalue weighted by Gasteiger charge is -2.07. The summed E-state index contributed by atoms with van der Waals surface area (Å²) in [6, 6.07) is 13.9. The average Bonchev–Trinajstić information content (AvgIpc) is 2.88. The zero-order valence-electron chi connectivity index (χ0n) is 10.8. The van der Waals surface area contributed by atoms with Crippen LogP contribution < -0.4 is 5.73 Å². The third-order valence-corrected chi connectivity index (χ3v) is 5.03. The molecule has 19 heavy (non-hydrogen) atoms. The normalized spacial score (nSPS) is 15.2. The first kappa shape index (κ1) is 12.4. The molecule has 98 valence electrons. The van der Waals surface area contributed by atoms with Crippen molar-refractivity contribution in [2.24, 2.45) is 0 Å². The van der Waals surface area contributed by atoms with Crippen molar-refractivity contribution in [2.45, 2.75) is 29.9 Å². The van der Waals surface area contributed by atoms with Crippen molar-refractivity contribution in [2.75, 3.05) is 5.73 Å². The topological polar surface area (TPSA) is 43.1 Å². The summed E-state index contributed by atoms with van der Waals surface area (Å²) < 4.78 is 12.4. The van der Waals surface area contributed by atoms with Crippen LogP contribution in [0.25, 0.3) is 0 Å². The monoisotopic (exact) mass is 271 g/mol. The molecule has 0 radical (unpaired) electrons. The standard InChI is InChI=1S/C16H17NOS/c17-16-7-2-1-4-14(16)11-19(18)15-9-8-12-5-3-6-13(12)10-15/h1-2,4,7-10H,3,5-6,11,17H2. The highest BCUT2D eigenvalue weighted by atomic mass is 32.2. The SMILES string of the molecule is Nc1ccccc1CS(=O)c1ccc2c(c1)CCC2. The van der Waals surface area contributed by atoms with E-state index in [0.29, 0.717) is 5.75 Å². The van der Waals surface area contributed by atoms with Crippen LogP contribution in [-0.4, -0.2) is 4.21 Å². The maximum atomic E-state index is 12.4. The van der Waals surface area contributed by atoms with Crippen molar-refractivity contribution in [1.29, 1.82) is 0 Å². The van der Waals surface area contributed by atoms with E-state index < -0.39 is 10.8 Å². The maximum absolute atomic E-state index is 12.4. The van der Waals surface area contributed by atoms with Gasteiger partial charge >= 0.3 is 0 Å². The van der Waals surface area contributed by atoms with Crippen LogP contribution in [-0.2, 0) is 29.4 Å². The number of hydrogen-bond acceptors (Lipinski definition) is 2. The molecule has 0 spiro atoms. The Morgan fingerprint density at radius 3 is 2.68 bits per heavy atom. The lowest BCUT2D eigenvalue weighted by Crippen LogP contribution is -2.01. The van der Waals surface area contributed by atoms with Gasteiger partial charge in [-0.15, -0.1) is 0 Å². The molecule has 0 aliphatic heterocycles. The molecular formula is C16H17NOS. The molecule has 0 fully saturated rings. The van der Waals surface area contributed by atoms with Gasteiger partial charge in [0.05, 0.1) is 16.6 Å². The predicted octanol–water partition coefficient (Wildman–Crippen LogP) is 3.07. The Balaban J connectivity index is 1.83. The van der Waals surface area contributed by atoms with Crippen LogP contribution in [0, 0.1) is 0 Å². The van der Waals surface area contributed by atoms with Crippen LogP contribution >= 0.6 is 0 Å². The molecule has 2 N–H and O–H groups in total. The minimum atomic E-state index is -1.02. The third kappa shape index (κ3) is 2.56. The molecule has 1 unspecified atom stereocenters. The van der Waals surface area contributed by atoms with Gasteiger partial charge in [-0.05, 0) is 54.2 Å². The fourth-order valence-electron chi connectivity index (χ4n) is 2.58. The van der Waals surface area contributed by atoms with Gasteiger partial charge in [0.15, 0.2) is 0 Å². The molecule has 2 aromatic rings. The first-order valence-corrected chi connectivity index (χ1v) is 7.89. The quantitative estimate of drug-likeness (QED) is 0.872. The van der Waals surface area contributed by atoms with Gasteiger partial charge in [-0.25, -0.2) is 0 Å². The van der Waals surface area contributed by atoms with Crippen molar-refractivity contribution >= 4 is 16.5 Å².